The molecule has 9 heteroatoms. The van der Waals surface area contributed by atoms with Crippen LogP contribution in [0.25, 0.3) is 11.1 Å². The fourth-order valence-electron chi connectivity index (χ4n) is 3.90. The van der Waals surface area contributed by atoms with E-state index in [9.17, 15) is 23.9 Å². The molecule has 34 heavy (non-hydrogen) atoms. The summed E-state index contributed by atoms with van der Waals surface area (Å²) < 4.78 is 14.0. The SMILES string of the molecule is CC(=O)NC(C(=O)N1CC(O)CC1C(=O)NOc1ccc(-c2ccccc2F)cc1)C(C)(C)C. The summed E-state index contributed by atoms with van der Waals surface area (Å²) in [4.78, 5) is 44.3. The molecule has 0 radical (unpaired) electrons. The maximum Gasteiger partial charge on any atom is 0.275 e. The van der Waals surface area contributed by atoms with Gasteiger partial charge in [0.15, 0.2) is 5.75 Å². The molecule has 3 unspecified atom stereocenters. The van der Waals surface area contributed by atoms with Crippen LogP contribution in [0.15, 0.2) is 48.5 Å². The highest BCUT2D eigenvalue weighted by Crippen LogP contribution is 2.27. The molecule has 1 aliphatic rings. The predicted molar refractivity (Wildman–Crippen MR) is 124 cm³/mol. The van der Waals surface area contributed by atoms with Gasteiger partial charge in [0, 0.05) is 25.5 Å². The van der Waals surface area contributed by atoms with Crippen molar-refractivity contribution < 1.29 is 28.7 Å². The molecule has 2 aromatic carbocycles. The van der Waals surface area contributed by atoms with Crippen molar-refractivity contribution in [3.8, 4) is 16.9 Å². The number of nitrogens with zero attached hydrogens (tertiary/aromatic N) is 1. The number of hydrogen-bond donors (Lipinski definition) is 3. The van der Waals surface area contributed by atoms with Gasteiger partial charge in [-0.15, -0.1) is 0 Å². The van der Waals surface area contributed by atoms with Crippen molar-refractivity contribution >= 4 is 17.7 Å². The van der Waals surface area contributed by atoms with E-state index in [-0.39, 0.29) is 24.7 Å². The van der Waals surface area contributed by atoms with Crippen LogP contribution >= 0.6 is 0 Å². The number of nitrogens with one attached hydrogen (secondary N) is 2. The molecule has 1 fully saturated rings. The van der Waals surface area contributed by atoms with Crippen molar-refractivity contribution in [2.45, 2.75) is 52.3 Å². The molecule has 0 saturated carbocycles. The van der Waals surface area contributed by atoms with E-state index in [2.05, 4.69) is 10.8 Å². The van der Waals surface area contributed by atoms with Gasteiger partial charge >= 0.3 is 0 Å². The molecule has 0 aromatic heterocycles. The number of hydrogen-bond acceptors (Lipinski definition) is 5. The Kier molecular flexibility index (Phi) is 7.56. The Morgan fingerprint density at radius 2 is 1.76 bits per heavy atom. The monoisotopic (exact) mass is 471 g/mol. The first-order valence-electron chi connectivity index (χ1n) is 11.0. The second-order valence-corrected chi connectivity index (χ2v) is 9.47. The average Bonchev–Trinajstić information content (AvgIpc) is 3.17. The zero-order chi connectivity index (χ0) is 25.0. The lowest BCUT2D eigenvalue weighted by Crippen LogP contribution is -2.57. The number of benzene rings is 2. The first kappa shape index (κ1) is 25.2. The number of β-amino-alcohol motifs (C(OH)–C–C–N with tert-alkyl or cyclic N) is 1. The Balaban J connectivity index is 1.68. The molecular weight excluding hydrogens is 441 g/mol. The summed E-state index contributed by atoms with van der Waals surface area (Å²) in [5.74, 6) is -1.44. The Morgan fingerprint density at radius 3 is 2.35 bits per heavy atom. The lowest BCUT2D eigenvalue weighted by molar-refractivity contribution is -0.145. The van der Waals surface area contributed by atoms with Crippen molar-refractivity contribution in [3.63, 3.8) is 0 Å². The minimum Gasteiger partial charge on any atom is -0.391 e. The zero-order valence-electron chi connectivity index (χ0n) is 19.7. The lowest BCUT2D eigenvalue weighted by Gasteiger charge is -2.35. The number of aliphatic hydroxyl groups is 1. The van der Waals surface area contributed by atoms with Crippen molar-refractivity contribution in [2.24, 2.45) is 5.41 Å². The number of aliphatic hydroxyl groups excluding tert-OH is 1. The van der Waals surface area contributed by atoms with Gasteiger partial charge in [-0.05, 0) is 29.2 Å². The molecule has 1 heterocycles. The maximum atomic E-state index is 14.0. The lowest BCUT2D eigenvalue weighted by atomic mass is 9.85. The van der Waals surface area contributed by atoms with Crippen LogP contribution in [-0.2, 0) is 14.4 Å². The fraction of sp³-hybridized carbons (Fsp3) is 0.400. The number of hydroxylamine groups is 1. The van der Waals surface area contributed by atoms with Crippen LogP contribution in [0.4, 0.5) is 4.39 Å². The second-order valence-electron chi connectivity index (χ2n) is 9.47. The highest BCUT2D eigenvalue weighted by atomic mass is 19.1. The number of amides is 3. The van der Waals surface area contributed by atoms with Gasteiger partial charge in [-0.1, -0.05) is 51.1 Å². The third kappa shape index (κ3) is 5.91. The molecule has 3 rings (SSSR count). The molecule has 3 N–H and O–H groups in total. The van der Waals surface area contributed by atoms with Crippen LogP contribution in [0.1, 0.15) is 34.1 Å². The first-order chi connectivity index (χ1) is 16.0. The molecular formula is C25H30FN3O5. The molecule has 0 bridgehead atoms. The highest BCUT2D eigenvalue weighted by molar-refractivity contribution is 5.92. The number of carbonyl (C=O) groups is 3. The van der Waals surface area contributed by atoms with E-state index < -0.39 is 35.4 Å². The van der Waals surface area contributed by atoms with E-state index in [4.69, 9.17) is 4.84 Å². The topological polar surface area (TPSA) is 108 Å². The van der Waals surface area contributed by atoms with E-state index in [0.717, 1.165) is 0 Å². The molecule has 8 nitrogen and oxygen atoms in total. The number of rotatable bonds is 6. The van der Waals surface area contributed by atoms with Gasteiger partial charge in [0.2, 0.25) is 11.8 Å². The fourth-order valence-corrected chi connectivity index (χ4v) is 3.90. The van der Waals surface area contributed by atoms with E-state index in [1.807, 2.05) is 0 Å². The zero-order valence-corrected chi connectivity index (χ0v) is 19.7. The summed E-state index contributed by atoms with van der Waals surface area (Å²) >= 11 is 0. The Labute approximate surface area is 198 Å². The summed E-state index contributed by atoms with van der Waals surface area (Å²) in [5.41, 5.74) is 2.82. The molecule has 3 atom stereocenters. The van der Waals surface area contributed by atoms with E-state index in [1.165, 1.54) is 17.9 Å². The third-order valence-corrected chi connectivity index (χ3v) is 5.63. The minimum atomic E-state index is -0.959. The van der Waals surface area contributed by atoms with Gasteiger partial charge in [0.1, 0.15) is 17.9 Å². The highest BCUT2D eigenvalue weighted by Gasteiger charge is 2.44. The van der Waals surface area contributed by atoms with Gasteiger partial charge < -0.3 is 20.2 Å². The van der Waals surface area contributed by atoms with Crippen LogP contribution in [0.3, 0.4) is 0 Å². The minimum absolute atomic E-state index is 0.0274. The van der Waals surface area contributed by atoms with Crippen LogP contribution < -0.4 is 15.6 Å². The van der Waals surface area contributed by atoms with E-state index >= 15 is 0 Å². The Morgan fingerprint density at radius 1 is 1.12 bits per heavy atom. The van der Waals surface area contributed by atoms with Gasteiger partial charge in [-0.3, -0.25) is 14.4 Å². The van der Waals surface area contributed by atoms with Crippen LogP contribution in [0, 0.1) is 11.2 Å². The number of likely N-dealkylation sites (tertiary alicyclic amines) is 1. The smallest absolute Gasteiger partial charge is 0.275 e. The quantitative estimate of drug-likeness (QED) is 0.561. The normalized spacial score (nSPS) is 18.8. The van der Waals surface area contributed by atoms with Gasteiger partial charge in [0.05, 0.1) is 6.10 Å². The molecule has 0 spiro atoms. The van der Waals surface area contributed by atoms with Crippen LogP contribution in [0.2, 0.25) is 0 Å². The summed E-state index contributed by atoms with van der Waals surface area (Å²) in [6, 6.07) is 11.1. The van der Waals surface area contributed by atoms with E-state index in [1.54, 1.807) is 63.2 Å². The predicted octanol–water partition coefficient (Wildman–Crippen LogP) is 2.42. The number of halogens is 1. The summed E-state index contributed by atoms with van der Waals surface area (Å²) in [7, 11) is 0. The molecule has 1 saturated heterocycles. The van der Waals surface area contributed by atoms with Gasteiger partial charge in [0.25, 0.3) is 5.91 Å². The summed E-state index contributed by atoms with van der Waals surface area (Å²) in [6.07, 6.45) is -0.831. The van der Waals surface area contributed by atoms with Crippen molar-refractivity contribution in [2.75, 3.05) is 6.54 Å². The van der Waals surface area contributed by atoms with Crippen molar-refractivity contribution in [3.05, 3.63) is 54.3 Å². The molecule has 1 aliphatic heterocycles. The molecule has 2 aromatic rings. The second kappa shape index (κ2) is 10.2. The van der Waals surface area contributed by atoms with Gasteiger partial charge in [-0.2, -0.15) is 5.48 Å². The van der Waals surface area contributed by atoms with E-state index in [0.29, 0.717) is 16.9 Å². The Hall–Kier alpha value is -3.46. The third-order valence-electron chi connectivity index (χ3n) is 5.63. The molecule has 3 amide bonds. The molecule has 0 aliphatic carbocycles. The standard InChI is InChI=1S/C25H30FN3O5/c1-15(30)27-22(25(2,3)4)24(33)29-14-17(31)13-21(29)23(32)28-34-18-11-9-16(10-12-18)19-7-5-6-8-20(19)26/h5-12,17,21-22,31H,13-14H2,1-4H3,(H,27,30)(H,28,32). The summed E-state index contributed by atoms with van der Waals surface area (Å²) in [6.45, 7) is 6.71. The average molecular weight is 472 g/mol. The number of carbonyl (C=O) groups excluding carboxylic acids is 3. The van der Waals surface area contributed by atoms with Gasteiger partial charge in [-0.25, -0.2) is 4.39 Å². The maximum absolute atomic E-state index is 14.0. The Bertz CT molecular complexity index is 1050. The summed E-state index contributed by atoms with van der Waals surface area (Å²) in [5, 5.41) is 12.8. The largest absolute Gasteiger partial charge is 0.391 e. The van der Waals surface area contributed by atoms with Crippen LogP contribution in [-0.4, -0.2) is 52.5 Å². The van der Waals surface area contributed by atoms with Crippen LogP contribution in [0.5, 0.6) is 5.75 Å². The first-order valence-corrected chi connectivity index (χ1v) is 11.0. The molecule has 182 valence electrons. The van der Waals surface area contributed by atoms with Crippen molar-refractivity contribution in [1.82, 2.24) is 15.7 Å². The van der Waals surface area contributed by atoms with Crippen molar-refractivity contribution in [1.29, 1.82) is 0 Å².